The molecule has 2 aromatic rings. The van der Waals surface area contributed by atoms with E-state index in [0.29, 0.717) is 5.75 Å². The van der Waals surface area contributed by atoms with Crippen LogP contribution in [0.15, 0.2) is 53.4 Å². The van der Waals surface area contributed by atoms with Crippen molar-refractivity contribution in [2.24, 2.45) is 0 Å². The van der Waals surface area contributed by atoms with E-state index in [1.54, 1.807) is 18.2 Å². The van der Waals surface area contributed by atoms with Gasteiger partial charge in [0.25, 0.3) is 22.4 Å². The quantitative estimate of drug-likeness (QED) is 0.629. The number of nitrogens with zero attached hydrogens (tertiary/aromatic N) is 1. The highest BCUT2D eigenvalue weighted by molar-refractivity contribution is 7.92. The number of carbonyl (C=O) groups excluding carboxylic acids is 1. The third kappa shape index (κ3) is 6.13. The Morgan fingerprint density at radius 1 is 1.14 bits per heavy atom. The van der Waals surface area contributed by atoms with Crippen LogP contribution in [-0.4, -0.2) is 59.6 Å². The summed E-state index contributed by atoms with van der Waals surface area (Å²) in [6.07, 6.45) is -2.73. The van der Waals surface area contributed by atoms with Crippen molar-refractivity contribution in [1.82, 2.24) is 4.90 Å². The molecule has 10 heteroatoms. The lowest BCUT2D eigenvalue weighted by molar-refractivity contribution is 0.0478. The van der Waals surface area contributed by atoms with Crippen LogP contribution in [0.3, 0.4) is 0 Å². The molecule has 2 rings (SSSR count). The summed E-state index contributed by atoms with van der Waals surface area (Å²) in [5.74, 6) is -0.386. The predicted octanol–water partition coefficient (Wildman–Crippen LogP) is 2.85. The lowest BCUT2D eigenvalue weighted by Crippen LogP contribution is -2.37. The number of benzene rings is 2. The summed E-state index contributed by atoms with van der Waals surface area (Å²) in [6.45, 7) is -0.749. The van der Waals surface area contributed by atoms with E-state index >= 15 is 0 Å². The Morgan fingerprint density at radius 3 is 2.52 bits per heavy atom. The number of ether oxygens (including phenoxy) is 2. The second kappa shape index (κ2) is 10.2. The van der Waals surface area contributed by atoms with Crippen molar-refractivity contribution in [2.75, 3.05) is 38.6 Å². The molecule has 1 amide bonds. The minimum atomic E-state index is -4.04. The standard InChI is InChI=1S/C19H22F2N2O5S/c1-27-11-10-23(13-18(20)21)19(24)14-6-5-7-15(12-14)29(25,26)22-16-8-3-4-9-17(16)28-2/h3-9,12,18,22H,10-11,13H2,1-2H3. The van der Waals surface area contributed by atoms with Crippen molar-refractivity contribution in [3.8, 4) is 5.75 Å². The molecule has 0 aliphatic carbocycles. The number of alkyl halides is 2. The fourth-order valence-electron chi connectivity index (χ4n) is 2.56. The number of hydrogen-bond acceptors (Lipinski definition) is 5. The maximum Gasteiger partial charge on any atom is 0.262 e. The Kier molecular flexibility index (Phi) is 7.91. The Balaban J connectivity index is 2.30. The molecule has 0 atom stereocenters. The monoisotopic (exact) mass is 428 g/mol. The van der Waals surface area contributed by atoms with Gasteiger partial charge in [-0.25, -0.2) is 17.2 Å². The number of amides is 1. The van der Waals surface area contributed by atoms with E-state index in [1.807, 2.05) is 0 Å². The molecule has 0 radical (unpaired) electrons. The number of sulfonamides is 1. The molecular weight excluding hydrogens is 406 g/mol. The van der Waals surface area contributed by atoms with Crippen molar-refractivity contribution in [3.05, 3.63) is 54.1 Å². The highest BCUT2D eigenvalue weighted by Gasteiger charge is 2.22. The Morgan fingerprint density at radius 2 is 1.86 bits per heavy atom. The molecule has 0 unspecified atom stereocenters. The van der Waals surface area contributed by atoms with Gasteiger partial charge in [-0.05, 0) is 30.3 Å². The zero-order chi connectivity index (χ0) is 21.4. The number of nitrogens with one attached hydrogen (secondary N) is 1. The molecule has 0 saturated heterocycles. The van der Waals surface area contributed by atoms with Crippen LogP contribution in [0.2, 0.25) is 0 Å². The molecule has 0 heterocycles. The third-order valence-corrected chi connectivity index (χ3v) is 5.32. The third-order valence-electron chi connectivity index (χ3n) is 3.95. The fraction of sp³-hybridized carbons (Fsp3) is 0.316. The van der Waals surface area contributed by atoms with Gasteiger partial charge in [0, 0.05) is 19.2 Å². The van der Waals surface area contributed by atoms with Crippen molar-refractivity contribution in [1.29, 1.82) is 0 Å². The van der Waals surface area contributed by atoms with Crippen molar-refractivity contribution in [2.45, 2.75) is 11.3 Å². The van der Waals surface area contributed by atoms with E-state index in [-0.39, 0.29) is 29.3 Å². The average molecular weight is 428 g/mol. The molecule has 2 aromatic carbocycles. The van der Waals surface area contributed by atoms with E-state index in [1.165, 1.54) is 38.5 Å². The van der Waals surface area contributed by atoms with Crippen LogP contribution in [0.1, 0.15) is 10.4 Å². The van der Waals surface area contributed by atoms with Crippen LogP contribution >= 0.6 is 0 Å². The first-order valence-corrected chi connectivity index (χ1v) is 10.1. The Labute approximate surface area is 168 Å². The first kappa shape index (κ1) is 22.6. The molecule has 0 saturated carbocycles. The van der Waals surface area contributed by atoms with E-state index < -0.39 is 28.9 Å². The van der Waals surface area contributed by atoms with Crippen molar-refractivity contribution in [3.63, 3.8) is 0 Å². The van der Waals surface area contributed by atoms with Gasteiger partial charge in [-0.3, -0.25) is 9.52 Å². The summed E-state index contributed by atoms with van der Waals surface area (Å²) >= 11 is 0. The van der Waals surface area contributed by atoms with Crippen molar-refractivity contribution >= 4 is 21.6 Å². The summed E-state index contributed by atoms with van der Waals surface area (Å²) < 4.78 is 63.5. The van der Waals surface area contributed by atoms with Crippen LogP contribution in [0.4, 0.5) is 14.5 Å². The van der Waals surface area contributed by atoms with Crippen LogP contribution in [0.5, 0.6) is 5.75 Å². The molecule has 0 spiro atoms. The summed E-state index contributed by atoms with van der Waals surface area (Å²) in [7, 11) is -1.24. The number of para-hydroxylation sites is 2. The van der Waals surface area contributed by atoms with E-state index in [2.05, 4.69) is 4.72 Å². The van der Waals surface area contributed by atoms with Gasteiger partial charge in [0.2, 0.25) is 0 Å². The molecule has 7 nitrogen and oxygen atoms in total. The maximum atomic E-state index is 12.8. The zero-order valence-corrected chi connectivity index (χ0v) is 16.8. The largest absolute Gasteiger partial charge is 0.495 e. The highest BCUT2D eigenvalue weighted by atomic mass is 32.2. The molecule has 0 fully saturated rings. The number of rotatable bonds is 10. The second-order valence-corrected chi connectivity index (χ2v) is 7.65. The SMILES string of the molecule is COCCN(CC(F)F)C(=O)c1cccc(S(=O)(=O)Nc2ccccc2OC)c1. The first-order valence-electron chi connectivity index (χ1n) is 8.60. The summed E-state index contributed by atoms with van der Waals surface area (Å²) in [4.78, 5) is 13.4. The van der Waals surface area contributed by atoms with Gasteiger partial charge in [-0.2, -0.15) is 0 Å². The van der Waals surface area contributed by atoms with Crippen LogP contribution < -0.4 is 9.46 Å². The average Bonchev–Trinajstić information content (AvgIpc) is 2.70. The van der Waals surface area contributed by atoms with Crippen molar-refractivity contribution < 1.29 is 31.5 Å². The van der Waals surface area contributed by atoms with Gasteiger partial charge < -0.3 is 14.4 Å². The number of halogens is 2. The molecule has 0 aromatic heterocycles. The summed E-state index contributed by atoms with van der Waals surface area (Å²) in [5.41, 5.74) is 0.204. The molecule has 0 bridgehead atoms. The zero-order valence-electron chi connectivity index (χ0n) is 16.0. The number of anilines is 1. The summed E-state index contributed by atoms with van der Waals surface area (Å²) in [6, 6.07) is 11.6. The molecular formula is C19H22F2N2O5S. The predicted molar refractivity (Wildman–Crippen MR) is 104 cm³/mol. The molecule has 0 aliphatic heterocycles. The topological polar surface area (TPSA) is 84.9 Å². The second-order valence-electron chi connectivity index (χ2n) is 5.97. The maximum absolute atomic E-state index is 12.8. The van der Waals surface area contributed by atoms with Crippen LogP contribution in [0.25, 0.3) is 0 Å². The minimum absolute atomic E-state index is 0.0235. The van der Waals surface area contributed by atoms with Gasteiger partial charge in [0.1, 0.15) is 5.75 Å². The molecule has 29 heavy (non-hydrogen) atoms. The van der Waals surface area contributed by atoms with Gasteiger partial charge in [0.15, 0.2) is 0 Å². The smallest absolute Gasteiger partial charge is 0.262 e. The lowest BCUT2D eigenvalue weighted by atomic mass is 10.2. The summed E-state index contributed by atoms with van der Waals surface area (Å²) in [5, 5.41) is 0. The van der Waals surface area contributed by atoms with Gasteiger partial charge in [-0.1, -0.05) is 18.2 Å². The minimum Gasteiger partial charge on any atom is -0.495 e. The Bertz CT molecular complexity index is 938. The van der Waals surface area contributed by atoms with E-state index in [9.17, 15) is 22.0 Å². The highest BCUT2D eigenvalue weighted by Crippen LogP contribution is 2.26. The number of carbonyl (C=O) groups is 1. The van der Waals surface area contributed by atoms with Gasteiger partial charge in [-0.15, -0.1) is 0 Å². The van der Waals surface area contributed by atoms with Gasteiger partial charge >= 0.3 is 0 Å². The molecule has 0 aliphatic rings. The number of methoxy groups -OCH3 is 2. The first-order chi connectivity index (χ1) is 13.8. The van der Waals surface area contributed by atoms with Crippen LogP contribution in [-0.2, 0) is 14.8 Å². The van der Waals surface area contributed by atoms with Crippen LogP contribution in [0, 0.1) is 0 Å². The van der Waals surface area contributed by atoms with E-state index in [4.69, 9.17) is 9.47 Å². The fourth-order valence-corrected chi connectivity index (χ4v) is 3.67. The molecule has 1 N–H and O–H groups in total. The van der Waals surface area contributed by atoms with E-state index in [0.717, 1.165) is 11.0 Å². The lowest BCUT2D eigenvalue weighted by Gasteiger charge is -2.22. The number of hydrogen-bond donors (Lipinski definition) is 1. The Hall–Kier alpha value is -2.72. The normalized spacial score (nSPS) is 11.3. The van der Waals surface area contributed by atoms with Gasteiger partial charge in [0.05, 0.1) is 30.8 Å². The molecule has 158 valence electrons.